The van der Waals surface area contributed by atoms with Crippen LogP contribution in [0.3, 0.4) is 0 Å². The Balaban J connectivity index is 0.000000125. The predicted molar refractivity (Wildman–Crippen MR) is 413 cm³/mol. The Labute approximate surface area is 718 Å². The number of aromatic nitrogens is 24. The van der Waals surface area contributed by atoms with Crippen molar-refractivity contribution >= 4 is 188 Å². The summed E-state index contributed by atoms with van der Waals surface area (Å²) in [5.74, 6) is -13.8. The fourth-order valence-corrected chi connectivity index (χ4v) is 14.2. The van der Waals surface area contributed by atoms with E-state index >= 15 is 0 Å². The Morgan fingerprint density at radius 3 is 0.672 bits per heavy atom. The minimum atomic E-state index is -5.60. The third-order valence-electron chi connectivity index (χ3n) is 19.8. The molecule has 0 saturated heterocycles. The van der Waals surface area contributed by atoms with Gasteiger partial charge in [-0.15, -0.1) is 9.97 Å². The van der Waals surface area contributed by atoms with Gasteiger partial charge in [0.15, 0.2) is 22.8 Å². The van der Waals surface area contributed by atoms with Crippen molar-refractivity contribution in [3.8, 4) is 12.1 Å². The first-order chi connectivity index (χ1) is 62.7. The third-order valence-corrected chi connectivity index (χ3v) is 19.8. The third kappa shape index (κ3) is 15.1. The topological polar surface area (TPSA) is 366 Å². The number of alkyl halides is 18. The highest BCUT2D eigenvalue weighted by molar-refractivity contribution is 6.23. The lowest BCUT2D eigenvalue weighted by Gasteiger charge is -2.17. The van der Waals surface area contributed by atoms with Crippen molar-refractivity contribution in [1.82, 2.24) is 120 Å². The van der Waals surface area contributed by atoms with Crippen LogP contribution in [-0.2, 0) is 37.1 Å². The van der Waals surface area contributed by atoms with E-state index in [4.69, 9.17) is 13.1 Å². The van der Waals surface area contributed by atoms with Gasteiger partial charge in [-0.25, -0.2) is 110 Å². The molecule has 20 rings (SSSR count). The molecule has 668 valence electrons. The largest absolute Gasteiger partial charge is 0.435 e. The van der Waals surface area contributed by atoms with Crippen LogP contribution in [0.15, 0.2) is 48.5 Å². The van der Waals surface area contributed by atoms with Crippen LogP contribution in [-0.4, -0.2) is 120 Å². The molecule has 0 radical (unpaired) electrons. The standard InChI is InChI=1S/C22H11F9N6.C22H5F3N10.2C18H5F7N6/c1-6-4-9(20(23,24)25)11-10(5-6)34-14-12-13(33-8(3)7(2)32-12)16-17(15(14)35-11)37-19(22(29,30)31)18(36-16)21(26,27)28;1-8-4-9(22(23,24)25)13-10(5-8)30-16-17(33-13)14-15(32-12(7-27)11(6-26)31-14)18-19(16)35-21(29-3)20(28-2)34-18;1-4-2-6-7(3-5(4)18(23,24)25)27-9-8(26-6)10-12(30-16(21)14(19)28-10)13-11(9)29-15(20)17(22)31-13;1-4-2-5(18(23,24)25)7-6(3-4)26-8-9(27-7)11-13(31-17(22)15(20)29-11)12-10(8)28-14(19)16(21)30-12/h4-5H,1-3H3;4-5H,1H3;2*2-3H,1H3. The molecule has 0 saturated carbocycles. The molecule has 0 amide bonds. The molecule has 0 unspecified atom stereocenters. The average Bonchev–Trinajstić information content (AvgIpc) is 0.717. The first kappa shape index (κ1) is 89.0. The Morgan fingerprint density at radius 1 is 0.224 bits per heavy atom. The molecule has 54 heteroatoms. The fraction of sp³-hybridized carbons (Fsp3) is 0.150. The number of fused-ring (bicyclic) bond motifs is 28. The van der Waals surface area contributed by atoms with Crippen LogP contribution < -0.4 is 0 Å². The van der Waals surface area contributed by atoms with Gasteiger partial charge >= 0.3 is 37.1 Å². The summed E-state index contributed by atoms with van der Waals surface area (Å²) in [6.45, 7) is 23.1. The molecule has 12 heterocycles. The van der Waals surface area contributed by atoms with E-state index < -0.39 is 201 Å². The van der Waals surface area contributed by atoms with E-state index in [2.05, 4.69) is 129 Å². The van der Waals surface area contributed by atoms with Gasteiger partial charge in [-0.2, -0.15) is 125 Å². The molecular formula is C80H26F26N28. The van der Waals surface area contributed by atoms with Crippen LogP contribution in [0.25, 0.3) is 186 Å². The minimum absolute atomic E-state index is 0.0271. The number of nitriles is 2. The Morgan fingerprint density at radius 2 is 0.433 bits per heavy atom. The molecular weight excluding hydrogens is 1850 g/mol. The van der Waals surface area contributed by atoms with E-state index in [-0.39, 0.29) is 145 Å². The van der Waals surface area contributed by atoms with Gasteiger partial charge in [-0.05, 0) is 112 Å². The summed E-state index contributed by atoms with van der Waals surface area (Å²) in [5, 5.41) is 18.8. The smallest absolute Gasteiger partial charge is 0.370 e. The fourth-order valence-electron chi connectivity index (χ4n) is 14.2. The number of rotatable bonds is 0. The zero-order valence-corrected chi connectivity index (χ0v) is 66.0. The molecule has 0 aliphatic rings. The van der Waals surface area contributed by atoms with E-state index in [1.807, 2.05) is 0 Å². The Hall–Kier alpha value is -17.0. The molecule has 0 fully saturated rings. The number of nitrogens with zero attached hydrogens (tertiary/aromatic N) is 28. The molecule has 12 aromatic heterocycles. The molecule has 0 bridgehead atoms. The molecule has 0 aliphatic heterocycles. The first-order valence-electron chi connectivity index (χ1n) is 36.6. The SMILES string of the molecule is Cc1cc(C(F)(F)F)c2nc3c4nc(C(F)(F)F)c(C(F)(F)F)nc4c4nc(C)c(C)nc4c3nc2c1.Cc1cc(C(F)(F)F)c2nc3c4nc(F)c(F)nc4c4nc(F)c(F)nc4c3nc2c1.Cc1cc2nc3c4nc(F)c(F)nc4c4nc(F)c(F)nc4c3nc2cc1C(F)(F)F.[C-]#[N+]c1nc2c3nc(C#N)c(C#N)nc3c3nc4c(C(F)(F)F)cc(C)cc4nc3c2nc1[N+]#[C-]. The second-order valence-electron chi connectivity index (χ2n) is 28.7. The lowest BCUT2D eigenvalue weighted by molar-refractivity contribution is -0.167. The van der Waals surface area contributed by atoms with Crippen molar-refractivity contribution in [3.63, 3.8) is 0 Å². The van der Waals surface area contributed by atoms with E-state index in [1.165, 1.54) is 59.7 Å². The van der Waals surface area contributed by atoms with Crippen molar-refractivity contribution in [2.75, 3.05) is 0 Å². The van der Waals surface area contributed by atoms with Gasteiger partial charge in [0.25, 0.3) is 59.2 Å². The van der Waals surface area contributed by atoms with Crippen LogP contribution in [0.2, 0.25) is 0 Å². The molecule has 0 spiro atoms. The van der Waals surface area contributed by atoms with Crippen molar-refractivity contribution in [1.29, 1.82) is 10.5 Å². The monoisotopic (exact) mass is 1870 g/mol. The van der Waals surface area contributed by atoms with E-state index in [9.17, 15) is 125 Å². The molecule has 0 atom stereocenters. The van der Waals surface area contributed by atoms with Crippen LogP contribution in [0.1, 0.15) is 78.7 Å². The lowest BCUT2D eigenvalue weighted by Crippen LogP contribution is -2.21. The zero-order chi connectivity index (χ0) is 96.8. The minimum Gasteiger partial charge on any atom is -0.370 e. The van der Waals surface area contributed by atoms with E-state index in [0.29, 0.717) is 5.69 Å². The highest BCUT2D eigenvalue weighted by Crippen LogP contribution is 2.47. The number of benzene rings is 8. The van der Waals surface area contributed by atoms with Gasteiger partial charge in [0.1, 0.15) is 150 Å². The van der Waals surface area contributed by atoms with Crippen LogP contribution in [0.4, 0.5) is 126 Å². The number of aryl methyl sites for hydroxylation is 6. The van der Waals surface area contributed by atoms with E-state index in [1.54, 1.807) is 12.1 Å². The Kier molecular flexibility index (Phi) is 20.5. The summed E-state index contributed by atoms with van der Waals surface area (Å²) in [7, 11) is 0. The molecule has 0 aliphatic carbocycles. The van der Waals surface area contributed by atoms with Crippen molar-refractivity contribution in [2.24, 2.45) is 0 Å². The normalized spacial score (nSPS) is 12.4. The maximum atomic E-state index is 13.8. The summed E-state index contributed by atoms with van der Waals surface area (Å²) < 4.78 is 355. The van der Waals surface area contributed by atoms with Gasteiger partial charge in [0, 0.05) is 0 Å². The van der Waals surface area contributed by atoms with Gasteiger partial charge in [0.2, 0.25) is 11.0 Å². The quantitative estimate of drug-likeness (QED) is 0.0589. The maximum absolute atomic E-state index is 13.8. The number of hydrogen-bond donors (Lipinski definition) is 0. The number of halogens is 26. The second kappa shape index (κ2) is 30.9. The summed E-state index contributed by atoms with van der Waals surface area (Å²) in [6.07, 6.45) is -30.3. The highest BCUT2D eigenvalue weighted by Gasteiger charge is 2.48. The van der Waals surface area contributed by atoms with Crippen LogP contribution in [0.5, 0.6) is 0 Å². The highest BCUT2D eigenvalue weighted by atomic mass is 19.4. The summed E-state index contributed by atoms with van der Waals surface area (Å²) in [6, 6.07) is 11.8. The lowest BCUT2D eigenvalue weighted by atomic mass is 10.1. The average molecular weight is 1870 g/mol. The van der Waals surface area contributed by atoms with Crippen LogP contribution in [0, 0.1) is 125 Å². The van der Waals surface area contributed by atoms with Gasteiger partial charge in [-0.3, -0.25) is 0 Å². The summed E-state index contributed by atoms with van der Waals surface area (Å²) >= 11 is 0. The Bertz CT molecular complexity index is 8940. The van der Waals surface area contributed by atoms with Crippen molar-refractivity contribution in [2.45, 2.75) is 78.6 Å². The number of hydrogen-bond acceptors (Lipinski definition) is 26. The zero-order valence-electron chi connectivity index (χ0n) is 66.0. The van der Waals surface area contributed by atoms with Crippen LogP contribution >= 0.6 is 0 Å². The van der Waals surface area contributed by atoms with Gasteiger partial charge in [-0.1, -0.05) is 13.1 Å². The summed E-state index contributed by atoms with van der Waals surface area (Å²) in [4.78, 5) is 97.6. The maximum Gasteiger partial charge on any atom is 0.435 e. The van der Waals surface area contributed by atoms with Crippen molar-refractivity contribution < 1.29 is 114 Å². The molecule has 134 heavy (non-hydrogen) atoms. The first-order valence-corrected chi connectivity index (χ1v) is 36.6. The molecule has 8 aromatic carbocycles. The van der Waals surface area contributed by atoms with Crippen molar-refractivity contribution in [3.05, 3.63) is 198 Å². The summed E-state index contributed by atoms with van der Waals surface area (Å²) in [5.41, 5.74) is -20.3. The van der Waals surface area contributed by atoms with Gasteiger partial charge in [0.05, 0.1) is 61.2 Å². The molecule has 20 aromatic rings. The second-order valence-corrected chi connectivity index (χ2v) is 28.7. The van der Waals surface area contributed by atoms with E-state index in [0.717, 1.165) is 30.3 Å². The molecule has 28 nitrogen and oxygen atoms in total. The predicted octanol–water partition coefficient (Wildman–Crippen LogP) is 20.6. The van der Waals surface area contributed by atoms with Gasteiger partial charge < -0.3 is 9.69 Å². The molecule has 0 N–H and O–H groups in total.